The lowest BCUT2D eigenvalue weighted by atomic mass is 10.3. The van der Waals surface area contributed by atoms with Crippen molar-refractivity contribution in [2.75, 3.05) is 0 Å². The number of rotatable bonds is 2. The summed E-state index contributed by atoms with van der Waals surface area (Å²) in [6.07, 6.45) is 0. The predicted molar refractivity (Wildman–Crippen MR) is 74.1 cm³/mol. The van der Waals surface area contributed by atoms with E-state index < -0.39 is 0 Å². The number of imidazole rings is 1. The minimum absolute atomic E-state index is 0.199. The molecule has 0 N–H and O–H groups in total. The van der Waals surface area contributed by atoms with Gasteiger partial charge in [-0.05, 0) is 17.3 Å². The summed E-state index contributed by atoms with van der Waals surface area (Å²) < 4.78 is 6.93. The van der Waals surface area contributed by atoms with Gasteiger partial charge in [-0.1, -0.05) is 29.8 Å². The quantitative estimate of drug-likeness (QED) is 0.646. The van der Waals surface area contributed by atoms with Crippen LogP contribution < -0.4 is 3.07 Å². The van der Waals surface area contributed by atoms with Crippen molar-refractivity contribution in [3.63, 3.8) is 0 Å². The molecule has 0 fully saturated rings. The fraction of sp³-hybridized carbons (Fsp3) is 0. The number of nitrogens with zero attached hydrogens (tertiary/aromatic N) is 5. The van der Waals surface area contributed by atoms with Crippen molar-refractivity contribution in [3.05, 3.63) is 35.5 Å². The van der Waals surface area contributed by atoms with Crippen molar-refractivity contribution in [2.45, 2.75) is 0 Å². The van der Waals surface area contributed by atoms with Crippen molar-refractivity contribution in [1.82, 2.24) is 25.0 Å². The number of hydrogen-bond donors (Lipinski definition) is 0. The molecule has 0 spiro atoms. The van der Waals surface area contributed by atoms with Gasteiger partial charge in [0.25, 0.3) is 0 Å². The molecule has 0 atom stereocenters. The molecule has 3 rings (SSSR count). The van der Waals surface area contributed by atoms with Crippen LogP contribution in [0.5, 0.6) is 6.01 Å². The average Bonchev–Trinajstić information content (AvgIpc) is 2.80. The van der Waals surface area contributed by atoms with Crippen LogP contribution in [-0.4, -0.2) is 25.0 Å². The van der Waals surface area contributed by atoms with Crippen LogP contribution in [0.1, 0.15) is 0 Å². The third-order valence-electron chi connectivity index (χ3n) is 2.37. The molecule has 0 radical (unpaired) electrons. The molecule has 6 nitrogen and oxygen atoms in total. The van der Waals surface area contributed by atoms with Gasteiger partial charge < -0.3 is 3.07 Å². The van der Waals surface area contributed by atoms with E-state index in [1.165, 1.54) is 0 Å². The van der Waals surface area contributed by atoms with E-state index in [2.05, 4.69) is 20.4 Å². The summed E-state index contributed by atoms with van der Waals surface area (Å²) in [5, 5.41) is 11.4. The van der Waals surface area contributed by atoms with Gasteiger partial charge in [0.2, 0.25) is 0 Å². The molecule has 0 aliphatic rings. The van der Waals surface area contributed by atoms with Crippen molar-refractivity contribution < 1.29 is 3.07 Å². The number of para-hydroxylation sites is 1. The first-order valence-electron chi connectivity index (χ1n) is 4.92. The number of fused-ring (bicyclic) bond motifs is 1. The number of hydrogen-bond acceptors (Lipinski definition) is 5. The van der Waals surface area contributed by atoms with Crippen LogP contribution in [0, 0.1) is 0 Å². The topological polar surface area (TPSA) is 65.7 Å². The van der Waals surface area contributed by atoms with Gasteiger partial charge in [0, 0.05) is 0 Å². The summed E-state index contributed by atoms with van der Waals surface area (Å²) in [7, 11) is 0. The smallest absolute Gasteiger partial charge is 0.313 e. The van der Waals surface area contributed by atoms with Crippen molar-refractivity contribution in [1.29, 1.82) is 0 Å². The molecule has 2 heterocycles. The van der Waals surface area contributed by atoms with E-state index in [0.29, 0.717) is 17.2 Å². The van der Waals surface area contributed by atoms with E-state index in [1.54, 1.807) is 27.6 Å². The zero-order chi connectivity index (χ0) is 12.5. The Kier molecular flexibility index (Phi) is 3.00. The molecule has 2 aromatic heterocycles. The van der Waals surface area contributed by atoms with Crippen molar-refractivity contribution >= 4 is 45.8 Å². The van der Waals surface area contributed by atoms with E-state index in [0.717, 1.165) is 5.69 Å². The maximum absolute atomic E-state index is 5.94. The lowest BCUT2D eigenvalue weighted by Crippen LogP contribution is -1.98. The molecule has 1 aromatic carbocycles. The summed E-state index contributed by atoms with van der Waals surface area (Å²) in [6.45, 7) is 0. The molecule has 3 aromatic rings. The molecule has 0 aliphatic heterocycles. The zero-order valence-electron chi connectivity index (χ0n) is 8.79. The maximum Gasteiger partial charge on any atom is 0.313 e. The van der Waals surface area contributed by atoms with Crippen LogP contribution in [0.4, 0.5) is 0 Å². The lowest BCUT2D eigenvalue weighted by Gasteiger charge is -2.04. The normalized spacial score (nSPS) is 10.8. The van der Waals surface area contributed by atoms with E-state index in [1.807, 2.05) is 30.3 Å². The van der Waals surface area contributed by atoms with Crippen LogP contribution in [0.15, 0.2) is 30.3 Å². The lowest BCUT2D eigenvalue weighted by molar-refractivity contribution is 0.632. The Labute approximate surface area is 121 Å². The van der Waals surface area contributed by atoms with E-state index in [-0.39, 0.29) is 5.15 Å². The minimum atomic E-state index is 0.199. The molecule has 8 heteroatoms. The van der Waals surface area contributed by atoms with Crippen LogP contribution in [-0.2, 0) is 0 Å². The molecule has 0 unspecified atom stereocenters. The highest BCUT2D eigenvalue weighted by Crippen LogP contribution is 2.27. The molecule has 18 heavy (non-hydrogen) atoms. The number of aromatic nitrogens is 5. The molecule has 0 bridgehead atoms. The van der Waals surface area contributed by atoms with Crippen LogP contribution in [0.2, 0.25) is 5.15 Å². The number of benzene rings is 1. The van der Waals surface area contributed by atoms with Gasteiger partial charge in [-0.15, -0.1) is 10.2 Å². The van der Waals surface area contributed by atoms with E-state index in [4.69, 9.17) is 14.7 Å². The predicted octanol–water partition coefficient (Wildman–Crippen LogP) is 2.59. The van der Waals surface area contributed by atoms with Gasteiger partial charge in [-0.3, -0.25) is 0 Å². The Balaban J connectivity index is 2.37. The monoisotopic (exact) mass is 373 g/mol. The minimum Gasteiger partial charge on any atom is -0.393 e. The second-order valence-corrected chi connectivity index (χ2v) is 4.19. The molecular formula is C10H5ClIN5O. The van der Waals surface area contributed by atoms with Gasteiger partial charge in [-0.2, -0.15) is 4.98 Å². The van der Waals surface area contributed by atoms with Crippen molar-refractivity contribution in [3.8, 4) is 11.7 Å². The SMILES string of the molecule is Clc1nnnc2c1nc(OI)n2-c1ccccc1. The standard InChI is InChI=1S/C10H5ClIN5O/c11-8-7-9(15-16-14-8)17(10(13-7)18-12)6-4-2-1-3-5-6/h1-5H. The molecule has 0 saturated heterocycles. The van der Waals surface area contributed by atoms with Gasteiger partial charge >= 0.3 is 6.01 Å². The number of halogens is 2. The third kappa shape index (κ3) is 1.79. The highest BCUT2D eigenvalue weighted by Gasteiger charge is 2.17. The summed E-state index contributed by atoms with van der Waals surface area (Å²) in [6, 6.07) is 9.95. The Morgan fingerprint density at radius 1 is 1.17 bits per heavy atom. The fourth-order valence-electron chi connectivity index (χ4n) is 1.64. The first-order chi connectivity index (χ1) is 8.81. The summed E-state index contributed by atoms with van der Waals surface area (Å²) in [4.78, 5) is 4.24. The van der Waals surface area contributed by atoms with E-state index in [9.17, 15) is 0 Å². The maximum atomic E-state index is 5.94. The first kappa shape index (κ1) is 11.6. The summed E-state index contributed by atoms with van der Waals surface area (Å²) >= 11 is 7.70. The molecule has 0 amide bonds. The Hall–Kier alpha value is -1.48. The second kappa shape index (κ2) is 4.65. The Morgan fingerprint density at radius 2 is 1.94 bits per heavy atom. The van der Waals surface area contributed by atoms with Gasteiger partial charge in [0.15, 0.2) is 39.3 Å². The van der Waals surface area contributed by atoms with Crippen LogP contribution >= 0.6 is 34.6 Å². The third-order valence-corrected chi connectivity index (χ3v) is 3.02. The van der Waals surface area contributed by atoms with E-state index >= 15 is 0 Å². The van der Waals surface area contributed by atoms with Gasteiger partial charge in [0.1, 0.15) is 0 Å². The summed E-state index contributed by atoms with van der Waals surface area (Å²) in [5.74, 6) is 0. The Morgan fingerprint density at radius 3 is 2.67 bits per heavy atom. The van der Waals surface area contributed by atoms with Crippen molar-refractivity contribution in [2.24, 2.45) is 0 Å². The van der Waals surface area contributed by atoms with Crippen LogP contribution in [0.25, 0.3) is 16.9 Å². The largest absolute Gasteiger partial charge is 0.393 e. The Bertz CT molecular complexity index is 702. The first-order valence-corrected chi connectivity index (χ1v) is 6.18. The fourth-order valence-corrected chi connectivity index (χ4v) is 2.09. The van der Waals surface area contributed by atoms with Crippen LogP contribution in [0.3, 0.4) is 0 Å². The highest BCUT2D eigenvalue weighted by atomic mass is 127. The van der Waals surface area contributed by atoms with Gasteiger partial charge in [-0.25, -0.2) is 4.57 Å². The summed E-state index contributed by atoms with van der Waals surface area (Å²) in [5.41, 5.74) is 1.83. The second-order valence-electron chi connectivity index (χ2n) is 3.39. The highest BCUT2D eigenvalue weighted by molar-refractivity contribution is 14.1. The molecule has 0 aliphatic carbocycles. The molecular weight excluding hydrogens is 369 g/mol. The zero-order valence-corrected chi connectivity index (χ0v) is 11.7. The molecule has 90 valence electrons. The molecule has 0 saturated carbocycles. The average molecular weight is 374 g/mol. The van der Waals surface area contributed by atoms with Gasteiger partial charge in [0.05, 0.1) is 5.69 Å².